The Labute approximate surface area is 162 Å². The zero-order chi connectivity index (χ0) is 20.9. The summed E-state index contributed by atoms with van der Waals surface area (Å²) in [6.45, 7) is 1.75. The summed E-state index contributed by atoms with van der Waals surface area (Å²) in [5.74, 6) is -0.931. The first kappa shape index (κ1) is 21.2. The molecule has 0 radical (unpaired) electrons. The third-order valence-electron chi connectivity index (χ3n) is 4.00. The topological polar surface area (TPSA) is 139 Å². The Morgan fingerprint density at radius 1 is 1.18 bits per heavy atom. The number of carbonyl (C=O) groups excluding carboxylic acids is 2. The molecule has 9 nitrogen and oxygen atoms in total. The molecule has 0 aromatic heterocycles. The van der Waals surface area contributed by atoms with E-state index in [2.05, 4.69) is 0 Å². The van der Waals surface area contributed by atoms with Gasteiger partial charge in [0.1, 0.15) is 5.75 Å². The van der Waals surface area contributed by atoms with E-state index >= 15 is 0 Å². The highest BCUT2D eigenvalue weighted by Crippen LogP contribution is 2.29. The number of nitrogens with two attached hydrogens (primary N) is 1. The van der Waals surface area contributed by atoms with Crippen molar-refractivity contribution in [1.82, 2.24) is 5.48 Å². The van der Waals surface area contributed by atoms with E-state index in [1.807, 2.05) is 0 Å². The summed E-state index contributed by atoms with van der Waals surface area (Å²) in [7, 11) is -2.66. The first-order valence-corrected chi connectivity index (χ1v) is 9.66. The number of benzene rings is 2. The predicted octanol–water partition coefficient (Wildman–Crippen LogP) is 1.19. The molecule has 0 heterocycles. The van der Waals surface area contributed by atoms with Crippen molar-refractivity contribution < 1.29 is 28.0 Å². The molecule has 2 aromatic rings. The van der Waals surface area contributed by atoms with Crippen LogP contribution in [0.25, 0.3) is 0 Å². The molecular formula is C18H21N3O6S. The van der Waals surface area contributed by atoms with Gasteiger partial charge in [0.2, 0.25) is 5.91 Å². The van der Waals surface area contributed by atoms with Gasteiger partial charge in [-0.3, -0.25) is 19.1 Å². The number of anilines is 1. The van der Waals surface area contributed by atoms with Crippen molar-refractivity contribution in [3.8, 4) is 5.75 Å². The van der Waals surface area contributed by atoms with E-state index in [-0.39, 0.29) is 29.2 Å². The van der Waals surface area contributed by atoms with Crippen molar-refractivity contribution in [3.63, 3.8) is 0 Å². The van der Waals surface area contributed by atoms with E-state index in [4.69, 9.17) is 15.7 Å². The molecule has 10 heteroatoms. The van der Waals surface area contributed by atoms with Crippen molar-refractivity contribution in [2.75, 3.05) is 18.0 Å². The maximum atomic E-state index is 13.0. The Balaban J connectivity index is 2.32. The number of sulfonamides is 1. The summed E-state index contributed by atoms with van der Waals surface area (Å²) in [4.78, 5) is 22.6. The normalized spacial score (nSPS) is 11.0. The Kier molecular flexibility index (Phi) is 6.60. The van der Waals surface area contributed by atoms with Crippen LogP contribution < -0.4 is 20.3 Å². The van der Waals surface area contributed by atoms with Crippen molar-refractivity contribution in [3.05, 3.63) is 53.6 Å². The van der Waals surface area contributed by atoms with Crippen molar-refractivity contribution >= 4 is 27.5 Å². The summed E-state index contributed by atoms with van der Waals surface area (Å²) < 4.78 is 32.3. The maximum absolute atomic E-state index is 13.0. The molecule has 0 atom stereocenters. The molecular weight excluding hydrogens is 386 g/mol. The Bertz CT molecular complexity index is 973. The largest absolute Gasteiger partial charge is 0.493 e. The molecule has 0 bridgehead atoms. The number of hydroxylamine groups is 1. The molecule has 2 rings (SSSR count). The molecule has 2 aromatic carbocycles. The van der Waals surface area contributed by atoms with E-state index < -0.39 is 21.8 Å². The minimum absolute atomic E-state index is 0.0139. The molecule has 0 aliphatic rings. The minimum Gasteiger partial charge on any atom is -0.493 e. The fourth-order valence-electron chi connectivity index (χ4n) is 2.58. The molecule has 0 aliphatic heterocycles. The summed E-state index contributed by atoms with van der Waals surface area (Å²) in [5, 5.41) is 8.93. The molecule has 150 valence electrons. The van der Waals surface area contributed by atoms with E-state index in [9.17, 15) is 18.0 Å². The lowest BCUT2D eigenvalue weighted by Crippen LogP contribution is -2.30. The molecule has 0 spiro atoms. The SMILES string of the molecule is Cc1cccc(C(=O)NO)c1N(C)S(=O)(=O)c1ccc(OCCC(N)=O)cc1. The zero-order valence-electron chi connectivity index (χ0n) is 15.4. The number of amides is 2. The highest BCUT2D eigenvalue weighted by atomic mass is 32.2. The lowest BCUT2D eigenvalue weighted by Gasteiger charge is -2.23. The van der Waals surface area contributed by atoms with Gasteiger partial charge in [-0.1, -0.05) is 12.1 Å². The van der Waals surface area contributed by atoms with Crippen LogP contribution in [0.2, 0.25) is 0 Å². The number of para-hydroxylation sites is 1. The highest BCUT2D eigenvalue weighted by Gasteiger charge is 2.26. The van der Waals surface area contributed by atoms with Crippen LogP contribution in [-0.2, 0) is 14.8 Å². The van der Waals surface area contributed by atoms with Gasteiger partial charge < -0.3 is 10.5 Å². The Morgan fingerprint density at radius 3 is 2.39 bits per heavy atom. The first-order chi connectivity index (χ1) is 13.2. The van der Waals surface area contributed by atoms with Gasteiger partial charge >= 0.3 is 0 Å². The molecule has 0 saturated heterocycles. The number of primary amides is 1. The average Bonchev–Trinajstić information content (AvgIpc) is 2.66. The second-order valence-electron chi connectivity index (χ2n) is 5.92. The average molecular weight is 407 g/mol. The van der Waals surface area contributed by atoms with Crippen LogP contribution in [0.15, 0.2) is 47.4 Å². The summed E-state index contributed by atoms with van der Waals surface area (Å²) >= 11 is 0. The maximum Gasteiger partial charge on any atom is 0.276 e. The fraction of sp³-hybridized carbons (Fsp3) is 0.222. The van der Waals surface area contributed by atoms with Gasteiger partial charge in [0.25, 0.3) is 15.9 Å². The van der Waals surface area contributed by atoms with E-state index in [0.717, 1.165) is 4.31 Å². The van der Waals surface area contributed by atoms with E-state index in [1.165, 1.54) is 42.9 Å². The van der Waals surface area contributed by atoms with Crippen LogP contribution in [-0.4, -0.2) is 39.1 Å². The van der Waals surface area contributed by atoms with Gasteiger partial charge in [-0.25, -0.2) is 13.9 Å². The number of nitrogens with one attached hydrogen (secondary N) is 1. The van der Waals surface area contributed by atoms with Gasteiger partial charge in [0.15, 0.2) is 0 Å². The number of hydrogen-bond acceptors (Lipinski definition) is 6. The zero-order valence-corrected chi connectivity index (χ0v) is 16.2. The number of aryl methyl sites for hydroxylation is 1. The minimum atomic E-state index is -3.99. The van der Waals surface area contributed by atoms with Gasteiger partial charge in [0, 0.05) is 7.05 Å². The second-order valence-corrected chi connectivity index (χ2v) is 7.89. The quantitative estimate of drug-likeness (QED) is 0.444. The number of nitrogens with zero attached hydrogens (tertiary/aromatic N) is 1. The van der Waals surface area contributed by atoms with Gasteiger partial charge in [-0.15, -0.1) is 0 Å². The van der Waals surface area contributed by atoms with Crippen LogP contribution >= 0.6 is 0 Å². The van der Waals surface area contributed by atoms with Crippen LogP contribution in [0.3, 0.4) is 0 Å². The number of ether oxygens (including phenoxy) is 1. The number of rotatable bonds is 8. The van der Waals surface area contributed by atoms with E-state index in [1.54, 1.807) is 19.1 Å². The third kappa shape index (κ3) is 4.59. The van der Waals surface area contributed by atoms with Crippen LogP contribution in [0.1, 0.15) is 22.3 Å². The fourth-order valence-corrected chi connectivity index (χ4v) is 3.85. The predicted molar refractivity (Wildman–Crippen MR) is 102 cm³/mol. The van der Waals surface area contributed by atoms with Gasteiger partial charge in [-0.05, 0) is 42.8 Å². The lowest BCUT2D eigenvalue weighted by atomic mass is 10.1. The van der Waals surface area contributed by atoms with Crippen LogP contribution in [0, 0.1) is 6.92 Å². The summed E-state index contributed by atoms with van der Waals surface area (Å²) in [5.41, 5.74) is 7.26. The number of carbonyl (C=O) groups is 2. The third-order valence-corrected chi connectivity index (χ3v) is 5.77. The molecule has 2 amide bonds. The van der Waals surface area contributed by atoms with Crippen molar-refractivity contribution in [2.45, 2.75) is 18.2 Å². The molecule has 28 heavy (non-hydrogen) atoms. The van der Waals surface area contributed by atoms with Crippen LogP contribution in [0.5, 0.6) is 5.75 Å². The second kappa shape index (κ2) is 8.72. The first-order valence-electron chi connectivity index (χ1n) is 8.22. The molecule has 4 N–H and O–H groups in total. The van der Waals surface area contributed by atoms with Crippen molar-refractivity contribution in [2.24, 2.45) is 5.73 Å². The number of hydrogen-bond donors (Lipinski definition) is 3. The summed E-state index contributed by atoms with van der Waals surface area (Å²) in [6.07, 6.45) is 0.0474. The van der Waals surface area contributed by atoms with Crippen LogP contribution in [0.4, 0.5) is 5.69 Å². The van der Waals surface area contributed by atoms with Gasteiger partial charge in [-0.2, -0.15) is 0 Å². The molecule has 0 fully saturated rings. The monoisotopic (exact) mass is 407 g/mol. The summed E-state index contributed by atoms with van der Waals surface area (Å²) in [6, 6.07) is 10.3. The van der Waals surface area contributed by atoms with E-state index in [0.29, 0.717) is 11.3 Å². The van der Waals surface area contributed by atoms with Crippen molar-refractivity contribution in [1.29, 1.82) is 0 Å². The molecule has 0 aliphatic carbocycles. The Morgan fingerprint density at radius 2 is 1.82 bits per heavy atom. The molecule has 0 saturated carbocycles. The Hall–Kier alpha value is -3.11. The standard InChI is InChI=1S/C18H21N3O6S/c1-12-4-3-5-15(18(23)20-24)17(12)21(2)28(25,26)14-8-6-13(7-9-14)27-11-10-16(19)22/h3-9,24H,10-11H2,1-2H3,(H2,19,22)(H,20,23). The lowest BCUT2D eigenvalue weighted by molar-refractivity contribution is -0.118. The smallest absolute Gasteiger partial charge is 0.276 e. The highest BCUT2D eigenvalue weighted by molar-refractivity contribution is 7.92. The molecule has 0 unspecified atom stereocenters. The van der Waals surface area contributed by atoms with Gasteiger partial charge in [0.05, 0.1) is 29.2 Å².